The molecule has 86 heavy (non-hydrogen) atoms. The van der Waals surface area contributed by atoms with Crippen LogP contribution < -0.4 is 0 Å². The molecule has 19 aromatic carbocycles. The molecule has 0 aromatic heterocycles. The minimum atomic E-state index is 1.21. The Hall–Kier alpha value is -11.2. The molecule has 1 aliphatic rings. The van der Waals surface area contributed by atoms with Gasteiger partial charge in [-0.05, 0) is 226 Å². The molecular formula is C86H48. The predicted octanol–water partition coefficient (Wildman–Crippen LogP) is 24.3. The maximum atomic E-state index is 2.52. The summed E-state index contributed by atoms with van der Waals surface area (Å²) in [4.78, 5) is 0. The summed E-state index contributed by atoms with van der Waals surface area (Å²) < 4.78 is 0. The van der Waals surface area contributed by atoms with Gasteiger partial charge in [0.1, 0.15) is 0 Å². The van der Waals surface area contributed by atoms with E-state index in [9.17, 15) is 0 Å². The van der Waals surface area contributed by atoms with Crippen LogP contribution in [0.2, 0.25) is 0 Å². The Kier molecular flexibility index (Phi) is 9.27. The highest BCUT2D eigenvalue weighted by atomic mass is 14.4. The minimum Gasteiger partial charge on any atom is -0.0622 e. The van der Waals surface area contributed by atoms with Gasteiger partial charge >= 0.3 is 0 Å². The summed E-state index contributed by atoms with van der Waals surface area (Å²) in [5.74, 6) is 0. The molecular weight excluding hydrogens is 1030 g/mol. The molecule has 0 saturated carbocycles. The molecule has 0 saturated heterocycles. The van der Waals surface area contributed by atoms with E-state index in [1.54, 1.807) is 0 Å². The van der Waals surface area contributed by atoms with Gasteiger partial charge in [-0.1, -0.05) is 273 Å². The van der Waals surface area contributed by atoms with Crippen molar-refractivity contribution in [2.75, 3.05) is 0 Å². The second-order valence-electron chi connectivity index (χ2n) is 23.9. The molecule has 0 aliphatic heterocycles. The van der Waals surface area contributed by atoms with Crippen molar-refractivity contribution < 1.29 is 0 Å². The molecule has 0 atom stereocenters. The monoisotopic (exact) mass is 1080 g/mol. The summed E-state index contributed by atoms with van der Waals surface area (Å²) in [6, 6.07) is 110. The van der Waals surface area contributed by atoms with E-state index in [1.165, 1.54) is 208 Å². The van der Waals surface area contributed by atoms with Gasteiger partial charge in [-0.3, -0.25) is 0 Å². The molecule has 1 aliphatic carbocycles. The molecule has 0 bridgehead atoms. The van der Waals surface area contributed by atoms with Crippen LogP contribution in [0.5, 0.6) is 0 Å². The van der Waals surface area contributed by atoms with Gasteiger partial charge in [-0.15, -0.1) is 0 Å². The third-order valence-corrected chi connectivity index (χ3v) is 19.8. The average Bonchev–Trinajstić information content (AvgIpc) is 1.55. The van der Waals surface area contributed by atoms with Crippen LogP contribution in [-0.2, 0) is 0 Å². The van der Waals surface area contributed by atoms with Crippen LogP contribution in [0.25, 0.3) is 208 Å². The Morgan fingerprint density at radius 3 is 1.15 bits per heavy atom. The molecule has 19 aromatic rings. The van der Waals surface area contributed by atoms with Crippen LogP contribution in [-0.4, -0.2) is 0 Å². The number of hydrogen-bond acceptors (Lipinski definition) is 0. The van der Waals surface area contributed by atoms with Gasteiger partial charge in [-0.25, -0.2) is 0 Å². The van der Waals surface area contributed by atoms with Crippen molar-refractivity contribution in [1.82, 2.24) is 0 Å². The Morgan fingerprint density at radius 2 is 0.512 bits per heavy atom. The third-order valence-electron chi connectivity index (χ3n) is 19.8. The Labute approximate surface area is 495 Å². The van der Waals surface area contributed by atoms with Gasteiger partial charge in [-0.2, -0.15) is 0 Å². The first-order valence-corrected chi connectivity index (χ1v) is 30.2. The summed E-state index contributed by atoms with van der Waals surface area (Å²) >= 11 is 0. The molecule has 0 amide bonds. The maximum absolute atomic E-state index is 2.52. The lowest BCUT2D eigenvalue weighted by molar-refractivity contribution is 1.59. The summed E-state index contributed by atoms with van der Waals surface area (Å²) in [7, 11) is 0. The molecule has 20 rings (SSSR count). The van der Waals surface area contributed by atoms with E-state index in [1.807, 2.05) is 0 Å². The summed E-state index contributed by atoms with van der Waals surface area (Å²) in [6.07, 6.45) is 0. The van der Waals surface area contributed by atoms with Crippen LogP contribution in [0.4, 0.5) is 0 Å². The van der Waals surface area contributed by atoms with Gasteiger partial charge in [0.2, 0.25) is 0 Å². The van der Waals surface area contributed by atoms with E-state index in [0.29, 0.717) is 0 Å². The van der Waals surface area contributed by atoms with Gasteiger partial charge in [0.15, 0.2) is 0 Å². The van der Waals surface area contributed by atoms with Gasteiger partial charge in [0, 0.05) is 0 Å². The Bertz CT molecular complexity index is 6050. The zero-order chi connectivity index (χ0) is 55.9. The van der Waals surface area contributed by atoms with Crippen molar-refractivity contribution >= 4 is 118 Å². The molecule has 0 radical (unpaired) electrons. The molecule has 0 heteroatoms. The molecule has 0 fully saturated rings. The highest BCUT2D eigenvalue weighted by Crippen LogP contribution is 2.62. The second kappa shape index (κ2) is 17.2. The minimum absolute atomic E-state index is 1.21. The Morgan fingerprint density at radius 1 is 0.128 bits per heavy atom. The molecule has 392 valence electrons. The van der Waals surface area contributed by atoms with Crippen molar-refractivity contribution in [1.29, 1.82) is 0 Å². The average molecular weight is 1080 g/mol. The smallest absolute Gasteiger partial charge is 0.000696 e. The van der Waals surface area contributed by atoms with Gasteiger partial charge in [0.05, 0.1) is 0 Å². The fourth-order valence-corrected chi connectivity index (χ4v) is 16.4. The van der Waals surface area contributed by atoms with Crippen LogP contribution >= 0.6 is 0 Å². The molecule has 0 unspecified atom stereocenters. The largest absolute Gasteiger partial charge is 0.0622 e. The van der Waals surface area contributed by atoms with Crippen LogP contribution in [0.3, 0.4) is 0 Å². The topological polar surface area (TPSA) is 0 Å². The molecule has 0 N–H and O–H groups in total. The predicted molar refractivity (Wildman–Crippen MR) is 370 cm³/mol. The van der Waals surface area contributed by atoms with E-state index in [2.05, 4.69) is 291 Å². The lowest BCUT2D eigenvalue weighted by atomic mass is 9.80. The van der Waals surface area contributed by atoms with Crippen molar-refractivity contribution in [3.63, 3.8) is 0 Å². The van der Waals surface area contributed by atoms with Crippen molar-refractivity contribution in [3.8, 4) is 89.0 Å². The third kappa shape index (κ3) is 6.07. The first-order valence-electron chi connectivity index (χ1n) is 30.2. The highest BCUT2D eigenvalue weighted by Gasteiger charge is 2.34. The zero-order valence-electron chi connectivity index (χ0n) is 46.7. The van der Waals surface area contributed by atoms with E-state index < -0.39 is 0 Å². The lowest BCUT2D eigenvalue weighted by Crippen LogP contribution is -1.95. The first kappa shape index (κ1) is 46.3. The normalized spacial score (nSPS) is 12.4. The van der Waals surface area contributed by atoms with Crippen LogP contribution in [0.15, 0.2) is 291 Å². The summed E-state index contributed by atoms with van der Waals surface area (Å²) in [5.41, 5.74) is 20.1. The highest BCUT2D eigenvalue weighted by molar-refractivity contribution is 6.51. The molecule has 0 heterocycles. The van der Waals surface area contributed by atoms with E-state index in [-0.39, 0.29) is 0 Å². The fraction of sp³-hybridized carbons (Fsp3) is 0. The van der Waals surface area contributed by atoms with Crippen molar-refractivity contribution in [3.05, 3.63) is 291 Å². The van der Waals surface area contributed by atoms with E-state index >= 15 is 0 Å². The summed E-state index contributed by atoms with van der Waals surface area (Å²) in [6.45, 7) is 0. The van der Waals surface area contributed by atoms with Gasteiger partial charge < -0.3 is 0 Å². The van der Waals surface area contributed by atoms with Crippen molar-refractivity contribution in [2.45, 2.75) is 0 Å². The second-order valence-corrected chi connectivity index (χ2v) is 23.9. The lowest BCUT2D eigenvalue weighted by Gasteiger charge is -2.23. The number of benzene rings is 17. The van der Waals surface area contributed by atoms with E-state index in [0.717, 1.165) is 0 Å². The Balaban J connectivity index is 0.912. The van der Waals surface area contributed by atoms with E-state index in [4.69, 9.17) is 0 Å². The zero-order valence-corrected chi connectivity index (χ0v) is 46.7. The number of fused-ring (bicyclic) bond motifs is 14. The molecule has 0 spiro atoms. The standard InChI is InChI=1S/C86H48/c1-5-20-49(21-6-1)56-28-13-14-30-58(56)54-37-36-53-47-73-72(48-55(53)46-54)75(52-26-11-4-12-27-52)84-69-43-39-63-66-41-45-71-81-68(83-74(51-24-9-3-10-25-51)67-35-19-34-61-59-31-16-18-33-62(59)82(78(61)67)86(71)83)42-38-64(77(66)81)65-40-44-70(80(69)76(63)65)85(84)79(73)60-32-17-15-29-57(60)50-22-7-2-8-23-50/h1-48H. The van der Waals surface area contributed by atoms with Crippen LogP contribution in [0.1, 0.15) is 0 Å². The number of rotatable bonds is 6. The number of hydrogen-bond donors (Lipinski definition) is 0. The quantitative estimate of drug-likeness (QED) is 0.115. The van der Waals surface area contributed by atoms with Gasteiger partial charge in [0.25, 0.3) is 0 Å². The van der Waals surface area contributed by atoms with Crippen molar-refractivity contribution in [2.24, 2.45) is 0 Å². The summed E-state index contributed by atoms with van der Waals surface area (Å²) in [5, 5.41) is 29.0. The molecule has 0 nitrogen and oxygen atoms in total. The fourth-order valence-electron chi connectivity index (χ4n) is 16.4. The van der Waals surface area contributed by atoms with Crippen LogP contribution in [0, 0.1) is 0 Å². The maximum Gasteiger partial charge on any atom is -0.000696 e. The SMILES string of the molecule is c1ccc(-c2ccccc2-c2ccc3cc4c(-c5ccccc5-c5ccccc5)c5c(c(-c6ccccc6)c4cc3c2)-c2ccc3c4ccc6c7c(ccc(c8ccc-5c2c83)c47)c2c(-c3ccccc3)c3cccc4c5ccccc5c(c34)c62)cc1. The first-order chi connectivity index (χ1) is 42.7.